The molecular weight excluding hydrogens is 247 g/mol. The van der Waals surface area contributed by atoms with Crippen LogP contribution in [-0.4, -0.2) is 33.4 Å². The average Bonchev–Trinajstić information content (AvgIpc) is 2.45. The fourth-order valence-corrected chi connectivity index (χ4v) is 0.809. The van der Waals surface area contributed by atoms with Crippen molar-refractivity contribution in [2.75, 3.05) is 12.9 Å². The van der Waals surface area contributed by atoms with Crippen molar-refractivity contribution in [2.45, 2.75) is 6.18 Å². The van der Waals surface area contributed by atoms with Gasteiger partial charge >= 0.3 is 17.9 Å². The number of aromatic nitrogens is 3. The first kappa shape index (κ1) is 14.9. The molecule has 0 fully saturated rings. The van der Waals surface area contributed by atoms with E-state index in [0.717, 1.165) is 9.25 Å². The van der Waals surface area contributed by atoms with Gasteiger partial charge in [-0.05, 0) is 6.26 Å². The molecule has 0 aromatic carbocycles. The number of aryl methyl sites for hydroxylation is 1. The highest BCUT2D eigenvalue weighted by molar-refractivity contribution is 7.79. The Labute approximate surface area is 95.2 Å². The first-order chi connectivity index (χ1) is 7.31. The van der Waals surface area contributed by atoms with Crippen LogP contribution >= 0.6 is 12.6 Å². The molecule has 16 heavy (non-hydrogen) atoms. The van der Waals surface area contributed by atoms with Crippen LogP contribution in [0, 0.1) is 0 Å². The van der Waals surface area contributed by atoms with Crippen LogP contribution in [0.2, 0.25) is 0 Å². The van der Waals surface area contributed by atoms with Crippen LogP contribution in [0.25, 0.3) is 0 Å². The van der Waals surface area contributed by atoms with Gasteiger partial charge in [-0.1, -0.05) is 0 Å². The highest BCUT2D eigenvalue weighted by atomic mass is 32.1. The van der Waals surface area contributed by atoms with E-state index in [2.05, 4.69) is 22.5 Å². The van der Waals surface area contributed by atoms with Crippen molar-refractivity contribution in [1.82, 2.24) is 14.3 Å². The molecule has 1 aromatic heterocycles. The molecule has 94 valence electrons. The number of ether oxygens (including phenoxy) is 1. The predicted molar refractivity (Wildman–Crippen MR) is 54.9 cm³/mol. The maximum absolute atomic E-state index is 11.7. The van der Waals surface area contributed by atoms with E-state index in [9.17, 15) is 18.0 Å². The van der Waals surface area contributed by atoms with Crippen molar-refractivity contribution >= 4 is 12.6 Å². The largest absolute Gasteiger partial charge is 0.454 e. The van der Waals surface area contributed by atoms with Crippen molar-refractivity contribution in [3.63, 3.8) is 0 Å². The van der Waals surface area contributed by atoms with Crippen molar-refractivity contribution in [3.8, 4) is 6.01 Å². The Morgan fingerprint density at radius 2 is 1.88 bits per heavy atom. The second-order valence-corrected chi connectivity index (χ2v) is 2.65. The molecule has 0 atom stereocenters. The molecule has 0 saturated carbocycles. The summed E-state index contributed by atoms with van der Waals surface area (Å²) in [6.07, 6.45) is -2.74. The number of thiol groups is 1. The Morgan fingerprint density at radius 3 is 2.19 bits per heavy atom. The summed E-state index contributed by atoms with van der Waals surface area (Å²) in [6.45, 7) is -1.46. The number of alkyl halides is 3. The maximum Gasteiger partial charge on any atom is 0.422 e. The number of hydrogen-bond donors (Lipinski definition) is 1. The van der Waals surface area contributed by atoms with Crippen LogP contribution in [0.4, 0.5) is 13.2 Å². The molecule has 0 bridgehead atoms. The van der Waals surface area contributed by atoms with Gasteiger partial charge in [0.1, 0.15) is 0 Å². The zero-order valence-corrected chi connectivity index (χ0v) is 9.84. The second-order valence-electron chi connectivity index (χ2n) is 2.65. The van der Waals surface area contributed by atoms with E-state index in [4.69, 9.17) is 0 Å². The summed E-state index contributed by atoms with van der Waals surface area (Å²) >= 11 is 3.53. The average molecular weight is 259 g/mol. The lowest BCUT2D eigenvalue weighted by Crippen LogP contribution is -2.22. The summed E-state index contributed by atoms with van der Waals surface area (Å²) in [5.74, 6) is 0. The summed E-state index contributed by atoms with van der Waals surface area (Å²) in [7, 11) is 2.60. The molecular formula is C7H12F3N3O2S. The molecule has 0 N–H and O–H groups in total. The van der Waals surface area contributed by atoms with Crippen LogP contribution in [0.1, 0.15) is 0 Å². The smallest absolute Gasteiger partial charge is 0.422 e. The van der Waals surface area contributed by atoms with E-state index in [1.165, 1.54) is 14.1 Å². The third kappa shape index (κ3) is 4.17. The fourth-order valence-electron chi connectivity index (χ4n) is 0.809. The normalized spacial score (nSPS) is 10.7. The zero-order valence-electron chi connectivity index (χ0n) is 8.95. The fraction of sp³-hybridized carbons (Fsp3) is 0.714. The van der Waals surface area contributed by atoms with E-state index in [1.54, 1.807) is 6.26 Å². The molecule has 0 amide bonds. The van der Waals surface area contributed by atoms with Gasteiger partial charge in [0.25, 0.3) is 0 Å². The summed E-state index contributed by atoms with van der Waals surface area (Å²) in [6, 6.07) is -0.352. The van der Waals surface area contributed by atoms with Gasteiger partial charge < -0.3 is 4.74 Å². The van der Waals surface area contributed by atoms with Crippen molar-refractivity contribution < 1.29 is 17.9 Å². The van der Waals surface area contributed by atoms with Crippen LogP contribution in [0.3, 0.4) is 0 Å². The van der Waals surface area contributed by atoms with E-state index in [0.29, 0.717) is 0 Å². The Bertz CT molecular complexity index is 385. The zero-order chi connectivity index (χ0) is 12.9. The first-order valence-electron chi connectivity index (χ1n) is 4.05. The molecule has 1 rings (SSSR count). The first-order valence-corrected chi connectivity index (χ1v) is 4.95. The summed E-state index contributed by atoms with van der Waals surface area (Å²) in [4.78, 5) is 11.0. The van der Waals surface area contributed by atoms with Gasteiger partial charge in [-0.2, -0.15) is 25.8 Å². The molecule has 0 spiro atoms. The van der Waals surface area contributed by atoms with Crippen LogP contribution in [-0.2, 0) is 14.1 Å². The van der Waals surface area contributed by atoms with E-state index in [-0.39, 0.29) is 6.01 Å². The van der Waals surface area contributed by atoms with Crippen LogP contribution in [0.5, 0.6) is 6.01 Å². The SMILES string of the molecule is CS.Cn1nc(OCC(F)(F)F)n(C)c1=O. The lowest BCUT2D eigenvalue weighted by atomic mass is 10.7. The Hall–Kier alpha value is -1.12. The van der Waals surface area contributed by atoms with Gasteiger partial charge in [0.15, 0.2) is 6.61 Å². The second kappa shape index (κ2) is 5.83. The molecule has 5 nitrogen and oxygen atoms in total. The van der Waals surface area contributed by atoms with Crippen molar-refractivity contribution in [3.05, 3.63) is 10.5 Å². The minimum Gasteiger partial charge on any atom is -0.454 e. The maximum atomic E-state index is 11.7. The van der Waals surface area contributed by atoms with Crippen molar-refractivity contribution in [2.24, 2.45) is 14.1 Å². The predicted octanol–water partition coefficient (Wildman–Crippen LogP) is 0.606. The molecule has 0 aliphatic rings. The number of hydrogen-bond acceptors (Lipinski definition) is 4. The molecule has 0 radical (unpaired) electrons. The van der Waals surface area contributed by atoms with Crippen LogP contribution in [0.15, 0.2) is 4.79 Å². The lowest BCUT2D eigenvalue weighted by molar-refractivity contribution is -0.155. The summed E-state index contributed by atoms with van der Waals surface area (Å²) < 4.78 is 41.3. The topological polar surface area (TPSA) is 49.0 Å². The minimum atomic E-state index is -4.44. The molecule has 1 aromatic rings. The standard InChI is InChI=1S/C6H8F3N3O2.CH4S/c1-11-4(10-12(2)5(11)13)14-3-6(7,8)9;1-2/h3H2,1-2H3;2H,1H3. The van der Waals surface area contributed by atoms with Crippen molar-refractivity contribution in [1.29, 1.82) is 0 Å². The van der Waals surface area contributed by atoms with Gasteiger partial charge in [0.05, 0.1) is 0 Å². The molecule has 9 heteroatoms. The Morgan fingerprint density at radius 1 is 1.38 bits per heavy atom. The molecule has 0 unspecified atom stereocenters. The molecule has 1 heterocycles. The summed E-state index contributed by atoms with van der Waals surface area (Å²) in [5.41, 5.74) is -0.540. The number of nitrogens with zero attached hydrogens (tertiary/aromatic N) is 3. The lowest BCUT2D eigenvalue weighted by Gasteiger charge is -2.06. The molecule has 0 aliphatic carbocycles. The minimum absolute atomic E-state index is 0.352. The van der Waals surface area contributed by atoms with Gasteiger partial charge in [-0.25, -0.2) is 14.0 Å². The Balaban J connectivity index is 0.00000106. The highest BCUT2D eigenvalue weighted by Crippen LogP contribution is 2.15. The van der Waals surface area contributed by atoms with Gasteiger partial charge in [0, 0.05) is 14.1 Å². The highest BCUT2D eigenvalue weighted by Gasteiger charge is 2.29. The summed E-state index contributed by atoms with van der Waals surface area (Å²) in [5, 5.41) is 3.46. The third-order valence-corrected chi connectivity index (χ3v) is 1.45. The van der Waals surface area contributed by atoms with Gasteiger partial charge in [-0.15, -0.1) is 5.10 Å². The van der Waals surface area contributed by atoms with E-state index >= 15 is 0 Å². The van der Waals surface area contributed by atoms with E-state index < -0.39 is 18.5 Å². The molecule has 0 saturated heterocycles. The number of halogens is 3. The van der Waals surface area contributed by atoms with Gasteiger partial charge in [-0.3, -0.25) is 0 Å². The monoisotopic (exact) mass is 259 g/mol. The number of rotatable bonds is 2. The quantitative estimate of drug-likeness (QED) is 0.791. The van der Waals surface area contributed by atoms with Gasteiger partial charge in [0.2, 0.25) is 0 Å². The van der Waals surface area contributed by atoms with Crippen LogP contribution < -0.4 is 10.4 Å². The Kier molecular flexibility index (Phi) is 5.42. The molecule has 0 aliphatic heterocycles. The van der Waals surface area contributed by atoms with E-state index in [1.807, 2.05) is 0 Å². The third-order valence-electron chi connectivity index (χ3n) is 1.45.